The SMILES string of the molecule is N#CC1=C(N)N(c2nnc(SCC(=O)Nc3ccc(Cl)cc3Cl)s2)C2=C(C(=O)CCC2)C1c1ccccc1F. The molecule has 0 spiro atoms. The number of Topliss-reactive ketones (excluding diaryl/α,β-unsaturated/α-hetero) is 1. The summed E-state index contributed by atoms with van der Waals surface area (Å²) in [5.74, 6) is -1.78. The van der Waals surface area contributed by atoms with Crippen LogP contribution in [0.5, 0.6) is 0 Å². The average Bonchev–Trinajstić information content (AvgIpc) is 3.37. The number of ketones is 1. The number of nitrogens with zero attached hydrogens (tertiary/aromatic N) is 4. The molecule has 8 nitrogen and oxygen atoms in total. The maximum absolute atomic E-state index is 14.9. The van der Waals surface area contributed by atoms with Gasteiger partial charge in [-0.2, -0.15) is 5.26 Å². The van der Waals surface area contributed by atoms with Gasteiger partial charge in [0.15, 0.2) is 10.1 Å². The summed E-state index contributed by atoms with van der Waals surface area (Å²) in [4.78, 5) is 27.2. The number of carbonyl (C=O) groups is 2. The summed E-state index contributed by atoms with van der Waals surface area (Å²) in [6.07, 6.45) is 1.37. The first-order valence-corrected chi connectivity index (χ1v) is 14.3. The van der Waals surface area contributed by atoms with E-state index in [0.717, 1.165) is 11.8 Å². The van der Waals surface area contributed by atoms with Crippen LogP contribution in [0.25, 0.3) is 0 Å². The number of hydrogen-bond acceptors (Lipinski definition) is 9. The van der Waals surface area contributed by atoms with Crippen LogP contribution in [-0.2, 0) is 9.59 Å². The van der Waals surface area contributed by atoms with Crippen LogP contribution in [-0.4, -0.2) is 27.6 Å². The molecule has 1 unspecified atom stereocenters. The fourth-order valence-corrected chi connectivity index (χ4v) is 6.72. The Morgan fingerprint density at radius 2 is 2.05 bits per heavy atom. The van der Waals surface area contributed by atoms with Crippen molar-refractivity contribution >= 4 is 68.8 Å². The van der Waals surface area contributed by atoms with Crippen molar-refractivity contribution in [3.05, 3.63) is 86.6 Å². The van der Waals surface area contributed by atoms with Crippen molar-refractivity contribution in [3.63, 3.8) is 0 Å². The highest BCUT2D eigenvalue weighted by atomic mass is 35.5. The standard InChI is InChI=1S/C26H19Cl2FN6O2S2/c27-13-8-9-18(16(28)10-13)32-21(37)12-38-26-34-33-25(39-26)35-19-6-3-7-20(36)23(19)22(15(11-30)24(35)31)14-4-1-2-5-17(14)29/h1-2,4-5,8-10,22H,3,6-7,12,31H2,(H,32,37). The second kappa shape index (κ2) is 11.4. The summed E-state index contributed by atoms with van der Waals surface area (Å²) < 4.78 is 15.3. The van der Waals surface area contributed by atoms with Gasteiger partial charge < -0.3 is 11.1 Å². The molecule has 0 saturated carbocycles. The number of hydrogen-bond donors (Lipinski definition) is 2. The third kappa shape index (κ3) is 5.38. The van der Waals surface area contributed by atoms with Gasteiger partial charge in [-0.25, -0.2) is 4.39 Å². The summed E-state index contributed by atoms with van der Waals surface area (Å²) in [7, 11) is 0. The molecule has 1 amide bonds. The number of nitriles is 1. The molecule has 3 aromatic rings. The second-order valence-electron chi connectivity index (χ2n) is 8.65. The molecule has 2 heterocycles. The molecule has 0 radical (unpaired) electrons. The van der Waals surface area contributed by atoms with E-state index in [2.05, 4.69) is 21.6 Å². The molecule has 198 valence electrons. The lowest BCUT2D eigenvalue weighted by Crippen LogP contribution is -2.38. The monoisotopic (exact) mass is 600 g/mol. The smallest absolute Gasteiger partial charge is 0.234 e. The predicted octanol–water partition coefficient (Wildman–Crippen LogP) is 6.02. The number of anilines is 2. The molecular formula is C26H19Cl2FN6O2S2. The number of benzene rings is 2. The Kier molecular flexibility index (Phi) is 7.91. The minimum absolute atomic E-state index is 0.0319. The lowest BCUT2D eigenvalue weighted by Gasteiger charge is -2.38. The number of allylic oxidation sites excluding steroid dienone is 3. The zero-order valence-electron chi connectivity index (χ0n) is 20.1. The van der Waals surface area contributed by atoms with Crippen LogP contribution in [0, 0.1) is 17.1 Å². The zero-order valence-corrected chi connectivity index (χ0v) is 23.2. The topological polar surface area (TPSA) is 125 Å². The van der Waals surface area contributed by atoms with E-state index in [1.165, 1.54) is 23.5 Å². The highest BCUT2D eigenvalue weighted by Gasteiger charge is 2.42. The molecule has 1 aromatic heterocycles. The zero-order chi connectivity index (χ0) is 27.7. The van der Waals surface area contributed by atoms with Gasteiger partial charge in [0.25, 0.3) is 0 Å². The van der Waals surface area contributed by atoms with Crippen molar-refractivity contribution < 1.29 is 14.0 Å². The quantitative estimate of drug-likeness (QED) is 0.329. The number of thioether (sulfide) groups is 1. The van der Waals surface area contributed by atoms with Gasteiger partial charge in [0.05, 0.1) is 34.0 Å². The molecule has 0 saturated heterocycles. The number of rotatable bonds is 6. The molecule has 1 aliphatic carbocycles. The molecule has 5 rings (SSSR count). The Labute approximate surface area is 241 Å². The molecule has 0 fully saturated rings. The van der Waals surface area contributed by atoms with E-state index in [4.69, 9.17) is 28.9 Å². The van der Waals surface area contributed by atoms with Gasteiger partial charge in [-0.3, -0.25) is 14.5 Å². The second-order valence-corrected chi connectivity index (χ2v) is 11.7. The third-order valence-electron chi connectivity index (χ3n) is 6.25. The molecular weight excluding hydrogens is 582 g/mol. The first kappa shape index (κ1) is 27.1. The van der Waals surface area contributed by atoms with Crippen molar-refractivity contribution in [1.29, 1.82) is 5.26 Å². The Balaban J connectivity index is 1.42. The van der Waals surface area contributed by atoms with Crippen LogP contribution < -0.4 is 16.0 Å². The van der Waals surface area contributed by atoms with Crippen LogP contribution in [0.2, 0.25) is 10.0 Å². The van der Waals surface area contributed by atoms with E-state index >= 15 is 0 Å². The van der Waals surface area contributed by atoms with E-state index in [-0.39, 0.29) is 34.4 Å². The van der Waals surface area contributed by atoms with E-state index in [1.807, 2.05) is 0 Å². The van der Waals surface area contributed by atoms with Gasteiger partial charge >= 0.3 is 0 Å². The normalized spacial score (nSPS) is 17.2. The van der Waals surface area contributed by atoms with E-state index in [1.54, 1.807) is 35.2 Å². The summed E-state index contributed by atoms with van der Waals surface area (Å²) in [6, 6.07) is 12.9. The molecule has 1 atom stereocenters. The molecule has 2 aliphatic rings. The van der Waals surface area contributed by atoms with Gasteiger partial charge in [0.1, 0.15) is 11.6 Å². The fraction of sp³-hybridized carbons (Fsp3) is 0.192. The van der Waals surface area contributed by atoms with Crippen LogP contribution in [0.15, 0.2) is 69.5 Å². The molecule has 39 heavy (non-hydrogen) atoms. The maximum atomic E-state index is 14.9. The fourth-order valence-electron chi connectivity index (χ4n) is 4.58. The van der Waals surface area contributed by atoms with Gasteiger partial charge in [-0.15, -0.1) is 10.2 Å². The average molecular weight is 602 g/mol. The largest absolute Gasteiger partial charge is 0.384 e. The number of nitrogens with one attached hydrogen (secondary N) is 1. The van der Waals surface area contributed by atoms with Gasteiger partial charge in [-0.1, -0.05) is 64.5 Å². The lowest BCUT2D eigenvalue weighted by atomic mass is 9.75. The van der Waals surface area contributed by atoms with Crippen molar-refractivity contribution in [2.45, 2.75) is 29.5 Å². The van der Waals surface area contributed by atoms with Crippen LogP contribution >= 0.6 is 46.3 Å². The summed E-state index contributed by atoms with van der Waals surface area (Å²) >= 11 is 14.3. The van der Waals surface area contributed by atoms with Crippen molar-refractivity contribution in [2.75, 3.05) is 16.0 Å². The number of carbonyl (C=O) groups excluding carboxylic acids is 2. The first-order chi connectivity index (χ1) is 18.8. The van der Waals surface area contributed by atoms with Crippen LogP contribution in [0.4, 0.5) is 15.2 Å². The van der Waals surface area contributed by atoms with Crippen molar-refractivity contribution in [1.82, 2.24) is 10.2 Å². The van der Waals surface area contributed by atoms with Crippen molar-refractivity contribution in [3.8, 4) is 6.07 Å². The number of halogens is 3. The lowest BCUT2D eigenvalue weighted by molar-refractivity contribution is -0.116. The van der Waals surface area contributed by atoms with Gasteiger partial charge in [0.2, 0.25) is 11.0 Å². The van der Waals surface area contributed by atoms with Crippen LogP contribution in [0.1, 0.15) is 30.7 Å². The Hall–Kier alpha value is -3.43. The third-order valence-corrected chi connectivity index (χ3v) is 8.84. The van der Waals surface area contributed by atoms with Crippen molar-refractivity contribution in [2.24, 2.45) is 5.73 Å². The van der Waals surface area contributed by atoms with Gasteiger partial charge in [-0.05, 0) is 37.1 Å². The Bertz CT molecular complexity index is 1600. The number of nitrogens with two attached hydrogens (primary N) is 1. The molecule has 1 aliphatic heterocycles. The van der Waals surface area contributed by atoms with E-state index in [9.17, 15) is 19.2 Å². The van der Waals surface area contributed by atoms with Crippen LogP contribution in [0.3, 0.4) is 0 Å². The Morgan fingerprint density at radius 1 is 1.26 bits per heavy atom. The minimum atomic E-state index is -0.902. The minimum Gasteiger partial charge on any atom is -0.384 e. The summed E-state index contributed by atoms with van der Waals surface area (Å²) in [5, 5.41) is 22.3. The summed E-state index contributed by atoms with van der Waals surface area (Å²) in [5.41, 5.74) is 8.15. The van der Waals surface area contributed by atoms with Gasteiger partial charge in [0, 0.05) is 28.3 Å². The van der Waals surface area contributed by atoms with E-state index in [0.29, 0.717) is 55.7 Å². The van der Waals surface area contributed by atoms with E-state index < -0.39 is 11.7 Å². The molecule has 13 heteroatoms. The highest BCUT2D eigenvalue weighted by molar-refractivity contribution is 8.01. The maximum Gasteiger partial charge on any atom is 0.234 e. The number of aromatic nitrogens is 2. The predicted molar refractivity (Wildman–Crippen MR) is 150 cm³/mol. The molecule has 0 bridgehead atoms. The Morgan fingerprint density at radius 3 is 2.79 bits per heavy atom. The summed E-state index contributed by atoms with van der Waals surface area (Å²) in [6.45, 7) is 0. The molecule has 3 N–H and O–H groups in total. The number of amides is 1. The first-order valence-electron chi connectivity index (χ1n) is 11.7. The highest BCUT2D eigenvalue weighted by Crippen LogP contribution is 2.47. The molecule has 2 aromatic carbocycles.